The van der Waals surface area contributed by atoms with Crippen LogP contribution < -0.4 is 5.32 Å². The highest BCUT2D eigenvalue weighted by Gasteiger charge is 2.33. The van der Waals surface area contributed by atoms with Crippen molar-refractivity contribution in [1.82, 2.24) is 25.1 Å². The van der Waals surface area contributed by atoms with Crippen molar-refractivity contribution in [3.05, 3.63) is 41.2 Å². The highest BCUT2D eigenvalue weighted by molar-refractivity contribution is 7.19. The average Bonchev–Trinajstić information content (AvgIpc) is 3.42. The van der Waals surface area contributed by atoms with E-state index in [1.807, 2.05) is 23.1 Å². The first-order valence-electron chi connectivity index (χ1n) is 11.1. The zero-order valence-electron chi connectivity index (χ0n) is 17.5. The summed E-state index contributed by atoms with van der Waals surface area (Å²) in [5.41, 5.74) is 3.21. The van der Waals surface area contributed by atoms with Gasteiger partial charge in [0.1, 0.15) is 17.0 Å². The predicted molar refractivity (Wildman–Crippen MR) is 124 cm³/mol. The van der Waals surface area contributed by atoms with Gasteiger partial charge in [-0.25, -0.2) is 9.97 Å². The molecule has 3 aromatic heterocycles. The number of H-pyrrole nitrogens is 1. The number of carbonyl (C=O) groups is 1. The lowest BCUT2D eigenvalue weighted by molar-refractivity contribution is -0.138. The van der Waals surface area contributed by atoms with Gasteiger partial charge in [-0.1, -0.05) is 0 Å². The second kappa shape index (κ2) is 7.83. The summed E-state index contributed by atoms with van der Waals surface area (Å²) in [5, 5.41) is 22.6. The van der Waals surface area contributed by atoms with Crippen LogP contribution in [-0.2, 0) is 17.6 Å². The molecule has 3 N–H and O–H groups in total. The van der Waals surface area contributed by atoms with Crippen molar-refractivity contribution < 1.29 is 9.90 Å². The monoisotopic (exact) mass is 448 g/mol. The number of nitrogens with one attached hydrogen (secondary N) is 2. The Kier molecular flexibility index (Phi) is 4.80. The van der Waals surface area contributed by atoms with Crippen LogP contribution >= 0.6 is 11.3 Å². The number of aryl methyl sites for hydroxylation is 1. The fourth-order valence-electron chi connectivity index (χ4n) is 4.99. The summed E-state index contributed by atoms with van der Waals surface area (Å²) in [7, 11) is 0. The number of aromatic amines is 1. The quantitative estimate of drug-likeness (QED) is 0.443. The zero-order chi connectivity index (χ0) is 21.7. The Bertz CT molecular complexity index is 1310. The minimum Gasteiger partial charge on any atom is -0.391 e. The molecular formula is C23H24N6O2S. The fraction of sp³-hybridized carbons (Fsp3) is 0.391. The standard InChI is InChI=1S/C23H24N6O2S/c30-16-2-1-7-29(11-16)23(31)13-3-5-17-19(9-13)32-22-20(17)21(24-12-25-22)27-15-4-6-18-14(8-15)10-26-28-18/h4,6,8,10,12-13,16,30H,1-3,5,7,9,11H2,(H,26,28)(H,24,25,27). The molecule has 1 amide bonds. The van der Waals surface area contributed by atoms with Crippen LogP contribution in [0, 0.1) is 5.92 Å². The summed E-state index contributed by atoms with van der Waals surface area (Å²) in [5.74, 6) is 0.970. The normalized spacial score (nSPS) is 21.1. The molecule has 6 rings (SSSR count). The number of aromatic nitrogens is 4. The molecule has 8 nitrogen and oxygen atoms in total. The number of β-amino-alcohol motifs (C(OH)–C–C–N with tert-alkyl or cyclic N) is 1. The first-order chi connectivity index (χ1) is 15.7. The summed E-state index contributed by atoms with van der Waals surface area (Å²) < 4.78 is 0. The lowest BCUT2D eigenvalue weighted by Crippen LogP contribution is -2.45. The number of carbonyl (C=O) groups excluding carboxylic acids is 1. The minimum atomic E-state index is -0.388. The summed E-state index contributed by atoms with van der Waals surface area (Å²) in [6.45, 7) is 1.22. The molecule has 2 atom stereocenters. The second-order valence-electron chi connectivity index (χ2n) is 8.72. The number of hydrogen-bond donors (Lipinski definition) is 3. The highest BCUT2D eigenvalue weighted by Crippen LogP contribution is 2.41. The number of anilines is 2. The Morgan fingerprint density at radius 3 is 3.12 bits per heavy atom. The number of aliphatic hydroxyl groups excluding tert-OH is 1. The van der Waals surface area contributed by atoms with Gasteiger partial charge in [-0.2, -0.15) is 5.10 Å². The van der Waals surface area contributed by atoms with Gasteiger partial charge in [0.2, 0.25) is 5.91 Å². The van der Waals surface area contributed by atoms with Crippen molar-refractivity contribution in [1.29, 1.82) is 0 Å². The van der Waals surface area contributed by atoms with Gasteiger partial charge < -0.3 is 15.3 Å². The van der Waals surface area contributed by atoms with Crippen molar-refractivity contribution in [3.8, 4) is 0 Å². The van der Waals surface area contributed by atoms with Crippen molar-refractivity contribution in [2.75, 3.05) is 18.4 Å². The topological polar surface area (TPSA) is 107 Å². The molecule has 4 heterocycles. The molecule has 2 unspecified atom stereocenters. The maximum absolute atomic E-state index is 13.1. The van der Waals surface area contributed by atoms with Crippen molar-refractivity contribution in [2.45, 2.75) is 38.2 Å². The van der Waals surface area contributed by atoms with Gasteiger partial charge in [0, 0.05) is 35.0 Å². The predicted octanol–water partition coefficient (Wildman–Crippen LogP) is 3.40. The van der Waals surface area contributed by atoms with Gasteiger partial charge in [-0.05, 0) is 55.9 Å². The van der Waals surface area contributed by atoms with Crippen molar-refractivity contribution >= 4 is 49.9 Å². The first-order valence-corrected chi connectivity index (χ1v) is 11.9. The molecule has 32 heavy (non-hydrogen) atoms. The number of rotatable bonds is 3. The lowest BCUT2D eigenvalue weighted by Gasteiger charge is -2.34. The molecule has 4 aromatic rings. The molecule has 1 aromatic carbocycles. The second-order valence-corrected chi connectivity index (χ2v) is 9.81. The molecule has 1 saturated heterocycles. The lowest BCUT2D eigenvalue weighted by atomic mass is 9.86. The summed E-state index contributed by atoms with van der Waals surface area (Å²) >= 11 is 1.67. The Labute approximate surface area is 188 Å². The molecule has 1 fully saturated rings. The maximum atomic E-state index is 13.1. The van der Waals surface area contributed by atoms with Crippen LogP contribution in [0.2, 0.25) is 0 Å². The van der Waals surface area contributed by atoms with E-state index in [0.29, 0.717) is 6.54 Å². The van der Waals surface area contributed by atoms with Gasteiger partial charge >= 0.3 is 0 Å². The third-order valence-corrected chi connectivity index (χ3v) is 7.77. The minimum absolute atomic E-state index is 0.0197. The number of likely N-dealkylation sites (tertiary alicyclic amines) is 1. The maximum Gasteiger partial charge on any atom is 0.226 e. The molecule has 0 radical (unpaired) electrons. The van der Waals surface area contributed by atoms with Crippen molar-refractivity contribution in [2.24, 2.45) is 5.92 Å². The van der Waals surface area contributed by atoms with Crippen LogP contribution in [0.1, 0.15) is 29.7 Å². The van der Waals surface area contributed by atoms with Crippen LogP contribution in [-0.4, -0.2) is 55.3 Å². The number of thiophene rings is 1. The van der Waals surface area contributed by atoms with Crippen molar-refractivity contribution in [3.63, 3.8) is 0 Å². The molecule has 0 spiro atoms. The third kappa shape index (κ3) is 3.41. The van der Waals surface area contributed by atoms with Crippen LogP contribution in [0.3, 0.4) is 0 Å². The number of hydrogen-bond acceptors (Lipinski definition) is 7. The zero-order valence-corrected chi connectivity index (χ0v) is 18.4. The largest absolute Gasteiger partial charge is 0.391 e. The van der Waals surface area contributed by atoms with Gasteiger partial charge in [0.15, 0.2) is 0 Å². The number of aliphatic hydroxyl groups is 1. The summed E-state index contributed by atoms with van der Waals surface area (Å²) in [6.07, 6.45) is 7.08. The van der Waals surface area contributed by atoms with E-state index in [0.717, 1.165) is 71.3 Å². The molecule has 0 saturated carbocycles. The molecule has 0 bridgehead atoms. The number of benzene rings is 1. The Morgan fingerprint density at radius 2 is 2.22 bits per heavy atom. The van der Waals surface area contributed by atoms with E-state index in [-0.39, 0.29) is 17.9 Å². The van der Waals surface area contributed by atoms with Crippen LogP contribution in [0.15, 0.2) is 30.7 Å². The van der Waals surface area contributed by atoms with Gasteiger partial charge in [0.25, 0.3) is 0 Å². The van der Waals surface area contributed by atoms with Gasteiger partial charge in [-0.15, -0.1) is 11.3 Å². The van der Waals surface area contributed by atoms with E-state index < -0.39 is 0 Å². The van der Waals surface area contributed by atoms with Crippen LogP contribution in [0.25, 0.3) is 21.1 Å². The summed E-state index contributed by atoms with van der Waals surface area (Å²) in [4.78, 5) is 26.2. The van der Waals surface area contributed by atoms with E-state index >= 15 is 0 Å². The molecule has 1 aliphatic heterocycles. The third-order valence-electron chi connectivity index (χ3n) is 6.61. The van der Waals surface area contributed by atoms with Gasteiger partial charge in [0.05, 0.1) is 23.2 Å². The molecule has 164 valence electrons. The van der Waals surface area contributed by atoms with E-state index in [1.54, 1.807) is 23.9 Å². The average molecular weight is 449 g/mol. The molecule has 9 heteroatoms. The number of piperidine rings is 1. The van der Waals surface area contributed by atoms with E-state index in [9.17, 15) is 9.90 Å². The number of amides is 1. The molecular weight excluding hydrogens is 424 g/mol. The van der Waals surface area contributed by atoms with E-state index in [1.165, 1.54) is 10.4 Å². The van der Waals surface area contributed by atoms with Crippen LogP contribution in [0.5, 0.6) is 0 Å². The fourth-order valence-corrected chi connectivity index (χ4v) is 6.25. The Hall–Kier alpha value is -3.04. The Morgan fingerprint density at radius 1 is 1.28 bits per heavy atom. The van der Waals surface area contributed by atoms with Gasteiger partial charge in [-0.3, -0.25) is 9.89 Å². The first kappa shape index (κ1) is 19.6. The SMILES string of the molecule is O=C(C1CCc2c(sc3ncnc(Nc4ccc5[nH]ncc5c4)c23)C1)N1CCCC(O)C1. The highest BCUT2D eigenvalue weighted by atomic mass is 32.1. The summed E-state index contributed by atoms with van der Waals surface area (Å²) in [6, 6.07) is 6.06. The smallest absolute Gasteiger partial charge is 0.226 e. The van der Waals surface area contributed by atoms with E-state index in [4.69, 9.17) is 0 Å². The molecule has 1 aliphatic carbocycles. The number of nitrogens with zero attached hydrogens (tertiary/aromatic N) is 4. The molecule has 2 aliphatic rings. The van der Waals surface area contributed by atoms with Crippen LogP contribution in [0.4, 0.5) is 11.5 Å². The Balaban J connectivity index is 1.28. The number of fused-ring (bicyclic) bond motifs is 4. The van der Waals surface area contributed by atoms with E-state index in [2.05, 4.69) is 25.5 Å².